The van der Waals surface area contributed by atoms with Crippen molar-refractivity contribution in [2.75, 3.05) is 6.61 Å². The Kier molecular flexibility index (Phi) is 5.73. The van der Waals surface area contributed by atoms with E-state index >= 15 is 0 Å². The van der Waals surface area contributed by atoms with Gasteiger partial charge in [-0.1, -0.05) is 29.8 Å². The number of nitrogens with zero attached hydrogens (tertiary/aromatic N) is 1. The molecular weight excluding hydrogens is 357 g/mol. The van der Waals surface area contributed by atoms with Gasteiger partial charge in [0.25, 0.3) is 0 Å². The number of ketones is 1. The van der Waals surface area contributed by atoms with E-state index in [0.29, 0.717) is 17.7 Å². The summed E-state index contributed by atoms with van der Waals surface area (Å²) in [6.45, 7) is 5.92. The number of benzene rings is 2. The maximum atomic E-state index is 13.1. The lowest BCUT2D eigenvalue weighted by molar-refractivity contribution is 0.0474. The molecule has 3 aromatic rings. The average Bonchev–Trinajstić information content (AvgIpc) is 2.96. The molecule has 28 heavy (non-hydrogen) atoms. The highest BCUT2D eigenvalue weighted by atomic mass is 19.1. The minimum Gasteiger partial charge on any atom is -0.454 e. The molecule has 0 N–H and O–H groups in total. The summed E-state index contributed by atoms with van der Waals surface area (Å²) >= 11 is 0. The molecule has 1 heterocycles. The predicted molar refractivity (Wildman–Crippen MR) is 105 cm³/mol. The maximum absolute atomic E-state index is 13.1. The minimum absolute atomic E-state index is 0.251. The molecule has 0 aliphatic rings. The SMILES string of the molecule is Cc1ccc(C(=O)OCC(=O)c2cc(C)n(Cc3ccc(F)cc3)c2C)cc1. The van der Waals surface area contributed by atoms with Crippen LogP contribution < -0.4 is 0 Å². The Hall–Kier alpha value is -3.21. The van der Waals surface area contributed by atoms with Crippen molar-refractivity contribution >= 4 is 11.8 Å². The van der Waals surface area contributed by atoms with Gasteiger partial charge in [0.15, 0.2) is 6.61 Å². The van der Waals surface area contributed by atoms with Gasteiger partial charge in [-0.15, -0.1) is 0 Å². The predicted octanol–water partition coefficient (Wildman–Crippen LogP) is 4.64. The summed E-state index contributed by atoms with van der Waals surface area (Å²) < 4.78 is 20.3. The molecule has 2 aromatic carbocycles. The van der Waals surface area contributed by atoms with Crippen LogP contribution in [0, 0.1) is 26.6 Å². The highest BCUT2D eigenvalue weighted by Crippen LogP contribution is 2.18. The molecular formula is C23H22FNO3. The lowest BCUT2D eigenvalue weighted by atomic mass is 10.1. The summed E-state index contributed by atoms with van der Waals surface area (Å²) in [6.07, 6.45) is 0. The second-order valence-electron chi connectivity index (χ2n) is 6.86. The highest BCUT2D eigenvalue weighted by molar-refractivity contribution is 6.00. The molecule has 3 rings (SSSR count). The van der Waals surface area contributed by atoms with E-state index in [1.807, 2.05) is 37.5 Å². The van der Waals surface area contributed by atoms with Gasteiger partial charge in [-0.25, -0.2) is 9.18 Å². The van der Waals surface area contributed by atoms with Gasteiger partial charge in [-0.2, -0.15) is 0 Å². The van der Waals surface area contributed by atoms with Gasteiger partial charge in [0.1, 0.15) is 5.82 Å². The van der Waals surface area contributed by atoms with E-state index in [2.05, 4.69) is 0 Å². The van der Waals surface area contributed by atoms with Crippen LogP contribution in [0.3, 0.4) is 0 Å². The zero-order valence-electron chi connectivity index (χ0n) is 16.2. The van der Waals surface area contributed by atoms with E-state index in [0.717, 1.165) is 22.5 Å². The zero-order valence-corrected chi connectivity index (χ0v) is 16.2. The van der Waals surface area contributed by atoms with Gasteiger partial charge in [0, 0.05) is 23.5 Å². The van der Waals surface area contributed by atoms with Crippen molar-refractivity contribution < 1.29 is 18.7 Å². The first kappa shape index (κ1) is 19.5. The molecule has 0 fully saturated rings. The number of carbonyl (C=O) groups excluding carboxylic acids is 2. The fourth-order valence-corrected chi connectivity index (χ4v) is 3.08. The molecule has 0 saturated heterocycles. The van der Waals surface area contributed by atoms with E-state index in [9.17, 15) is 14.0 Å². The van der Waals surface area contributed by atoms with Crippen LogP contribution in [-0.2, 0) is 11.3 Å². The molecule has 0 unspecified atom stereocenters. The van der Waals surface area contributed by atoms with Gasteiger partial charge < -0.3 is 9.30 Å². The first-order valence-corrected chi connectivity index (χ1v) is 9.03. The molecule has 0 aliphatic heterocycles. The van der Waals surface area contributed by atoms with Crippen LogP contribution in [0.5, 0.6) is 0 Å². The molecule has 0 saturated carbocycles. The molecule has 0 bridgehead atoms. The molecule has 4 nitrogen and oxygen atoms in total. The van der Waals surface area contributed by atoms with Crippen LogP contribution in [0.15, 0.2) is 54.6 Å². The number of hydrogen-bond acceptors (Lipinski definition) is 3. The van der Waals surface area contributed by atoms with Crippen LogP contribution in [0.2, 0.25) is 0 Å². The fraction of sp³-hybridized carbons (Fsp3) is 0.217. The smallest absolute Gasteiger partial charge is 0.338 e. The monoisotopic (exact) mass is 379 g/mol. The summed E-state index contributed by atoms with van der Waals surface area (Å²) in [5.74, 6) is -1.05. The lowest BCUT2D eigenvalue weighted by Gasteiger charge is -2.10. The van der Waals surface area contributed by atoms with Gasteiger partial charge in [-0.05, 0) is 56.7 Å². The number of aryl methyl sites for hydroxylation is 2. The summed E-state index contributed by atoms with van der Waals surface area (Å²) in [5, 5.41) is 0. The molecule has 0 radical (unpaired) electrons. The van der Waals surface area contributed by atoms with E-state index in [-0.39, 0.29) is 18.2 Å². The van der Waals surface area contributed by atoms with Crippen molar-refractivity contribution in [3.63, 3.8) is 0 Å². The Bertz CT molecular complexity index is 1000. The van der Waals surface area contributed by atoms with Crippen LogP contribution in [0.1, 0.15) is 43.2 Å². The Morgan fingerprint density at radius 2 is 1.61 bits per heavy atom. The van der Waals surface area contributed by atoms with Crippen molar-refractivity contribution in [3.05, 3.63) is 94.1 Å². The summed E-state index contributed by atoms with van der Waals surface area (Å²) in [4.78, 5) is 24.7. The number of esters is 1. The second kappa shape index (κ2) is 8.21. The van der Waals surface area contributed by atoms with Gasteiger partial charge in [0.2, 0.25) is 5.78 Å². The number of ether oxygens (including phenoxy) is 1. The third-order valence-electron chi connectivity index (χ3n) is 4.75. The van der Waals surface area contributed by atoms with Crippen LogP contribution >= 0.6 is 0 Å². The normalized spacial score (nSPS) is 10.7. The third-order valence-corrected chi connectivity index (χ3v) is 4.75. The standard InChI is InChI=1S/C23H22FNO3/c1-15-4-8-19(9-5-15)23(27)28-14-22(26)21-12-16(2)25(17(21)3)13-18-6-10-20(24)11-7-18/h4-12H,13-14H2,1-3H3. The molecule has 144 valence electrons. The first-order chi connectivity index (χ1) is 13.3. The largest absolute Gasteiger partial charge is 0.454 e. The first-order valence-electron chi connectivity index (χ1n) is 9.03. The Balaban J connectivity index is 1.69. The highest BCUT2D eigenvalue weighted by Gasteiger charge is 2.18. The molecule has 0 atom stereocenters. The van der Waals surface area contributed by atoms with Crippen LogP contribution in [0.4, 0.5) is 4.39 Å². The topological polar surface area (TPSA) is 48.3 Å². The summed E-state index contributed by atoms with van der Waals surface area (Å²) in [7, 11) is 0. The van der Waals surface area contributed by atoms with E-state index in [1.54, 1.807) is 30.3 Å². The Morgan fingerprint density at radius 1 is 0.964 bits per heavy atom. The summed E-state index contributed by atoms with van der Waals surface area (Å²) in [6, 6.07) is 15.1. The van der Waals surface area contributed by atoms with E-state index < -0.39 is 5.97 Å². The molecule has 0 spiro atoms. The van der Waals surface area contributed by atoms with Crippen molar-refractivity contribution in [3.8, 4) is 0 Å². The van der Waals surface area contributed by atoms with Gasteiger partial charge >= 0.3 is 5.97 Å². The number of hydrogen-bond donors (Lipinski definition) is 0. The Labute approximate surface area is 163 Å². The second-order valence-corrected chi connectivity index (χ2v) is 6.86. The van der Waals surface area contributed by atoms with Gasteiger partial charge in [0.05, 0.1) is 5.56 Å². The molecule has 1 aromatic heterocycles. The number of rotatable bonds is 6. The van der Waals surface area contributed by atoms with Crippen molar-refractivity contribution in [1.82, 2.24) is 4.57 Å². The zero-order chi connectivity index (χ0) is 20.3. The van der Waals surface area contributed by atoms with Crippen molar-refractivity contribution in [2.24, 2.45) is 0 Å². The van der Waals surface area contributed by atoms with Crippen molar-refractivity contribution in [1.29, 1.82) is 0 Å². The van der Waals surface area contributed by atoms with E-state index in [1.165, 1.54) is 12.1 Å². The number of aromatic nitrogens is 1. The van der Waals surface area contributed by atoms with Crippen LogP contribution in [-0.4, -0.2) is 22.9 Å². The molecule has 5 heteroatoms. The molecule has 0 aliphatic carbocycles. The minimum atomic E-state index is -0.520. The summed E-state index contributed by atoms with van der Waals surface area (Å²) in [5.41, 5.74) is 4.62. The number of carbonyl (C=O) groups is 2. The van der Waals surface area contributed by atoms with E-state index in [4.69, 9.17) is 4.74 Å². The quantitative estimate of drug-likeness (QED) is 0.463. The third kappa shape index (κ3) is 4.36. The number of halogens is 1. The van der Waals surface area contributed by atoms with Crippen molar-refractivity contribution in [2.45, 2.75) is 27.3 Å². The Morgan fingerprint density at radius 3 is 2.25 bits per heavy atom. The average molecular weight is 379 g/mol. The fourth-order valence-electron chi connectivity index (χ4n) is 3.08. The van der Waals surface area contributed by atoms with Gasteiger partial charge in [-0.3, -0.25) is 4.79 Å². The van der Waals surface area contributed by atoms with Crippen LogP contribution in [0.25, 0.3) is 0 Å². The number of Topliss-reactive ketones (excluding diaryl/α,β-unsaturated/α-hetero) is 1. The maximum Gasteiger partial charge on any atom is 0.338 e. The lowest BCUT2D eigenvalue weighted by Crippen LogP contribution is -2.15. The molecule has 0 amide bonds.